The van der Waals surface area contributed by atoms with Gasteiger partial charge in [0.1, 0.15) is 11.6 Å². The molecule has 4 heteroatoms. The van der Waals surface area contributed by atoms with Crippen molar-refractivity contribution >= 4 is 23.4 Å². The van der Waals surface area contributed by atoms with Crippen LogP contribution in [0.5, 0.6) is 0 Å². The Morgan fingerprint density at radius 1 is 1.23 bits per heavy atom. The van der Waals surface area contributed by atoms with Crippen molar-refractivity contribution in [2.45, 2.75) is 72.4 Å². The molecule has 31 heavy (non-hydrogen) atoms. The van der Waals surface area contributed by atoms with Crippen LogP contribution in [0.3, 0.4) is 0 Å². The predicted molar refractivity (Wildman–Crippen MR) is 129 cm³/mol. The number of carbonyl (C=O) groups is 1. The molecule has 0 aliphatic carbocycles. The molecule has 0 fully saturated rings. The highest BCUT2D eigenvalue weighted by molar-refractivity contribution is 6.10. The third-order valence-electron chi connectivity index (χ3n) is 6.12. The maximum atomic E-state index is 12.8. The lowest BCUT2D eigenvalue weighted by molar-refractivity contribution is -0.112. The number of aryl methyl sites for hydroxylation is 2. The molecule has 3 rings (SSSR count). The summed E-state index contributed by atoms with van der Waals surface area (Å²) in [4.78, 5) is 15.2. The van der Waals surface area contributed by atoms with Crippen LogP contribution in [0.15, 0.2) is 42.0 Å². The van der Waals surface area contributed by atoms with Crippen LogP contribution in [-0.2, 0) is 4.79 Å². The molecule has 0 bridgehead atoms. The second-order valence-electron chi connectivity index (χ2n) is 9.64. The number of benzene rings is 2. The molecule has 1 unspecified atom stereocenters. The Morgan fingerprint density at radius 2 is 1.94 bits per heavy atom. The van der Waals surface area contributed by atoms with Crippen molar-refractivity contribution in [1.82, 2.24) is 0 Å². The number of amides is 1. The summed E-state index contributed by atoms with van der Waals surface area (Å²) >= 11 is 0. The number of carbonyl (C=O) groups excluding carboxylic acids is 1. The fourth-order valence-corrected chi connectivity index (χ4v) is 5.00. The molecule has 0 spiro atoms. The summed E-state index contributed by atoms with van der Waals surface area (Å²) < 4.78 is 0. The molecule has 2 aromatic carbocycles. The lowest BCUT2D eigenvalue weighted by atomic mass is 9.79. The van der Waals surface area contributed by atoms with E-state index in [4.69, 9.17) is 0 Å². The average molecular weight is 416 g/mol. The molecule has 1 amide bonds. The van der Waals surface area contributed by atoms with Gasteiger partial charge in [0.15, 0.2) is 0 Å². The van der Waals surface area contributed by atoms with Crippen molar-refractivity contribution in [2.75, 3.05) is 10.2 Å². The number of hydrogen-bond acceptors (Lipinski definition) is 3. The molecule has 162 valence electrons. The van der Waals surface area contributed by atoms with Gasteiger partial charge in [-0.1, -0.05) is 30.7 Å². The monoisotopic (exact) mass is 415 g/mol. The fourth-order valence-electron chi connectivity index (χ4n) is 5.00. The maximum absolute atomic E-state index is 12.8. The number of nitrogens with one attached hydrogen (secondary N) is 1. The minimum atomic E-state index is -0.384. The van der Waals surface area contributed by atoms with Gasteiger partial charge in [-0.05, 0) is 94.8 Å². The number of fused-ring (bicyclic) bond motifs is 1. The van der Waals surface area contributed by atoms with E-state index in [9.17, 15) is 10.1 Å². The Kier molecular flexibility index (Phi) is 6.27. The van der Waals surface area contributed by atoms with Gasteiger partial charge in [-0.25, -0.2) is 0 Å². The lowest BCUT2D eigenvalue weighted by Crippen LogP contribution is -2.51. The van der Waals surface area contributed by atoms with Crippen molar-refractivity contribution in [3.8, 4) is 6.07 Å². The van der Waals surface area contributed by atoms with Crippen LogP contribution in [0.2, 0.25) is 0 Å². The topological polar surface area (TPSA) is 56.1 Å². The number of hydrogen-bond donors (Lipinski definition) is 1. The van der Waals surface area contributed by atoms with E-state index in [0.717, 1.165) is 28.8 Å². The molecule has 0 radical (unpaired) electrons. The van der Waals surface area contributed by atoms with Crippen LogP contribution in [0.25, 0.3) is 6.08 Å². The molecule has 1 atom stereocenters. The average Bonchev–Trinajstić information content (AvgIpc) is 2.67. The van der Waals surface area contributed by atoms with Crippen molar-refractivity contribution in [3.63, 3.8) is 0 Å². The van der Waals surface area contributed by atoms with E-state index in [2.05, 4.69) is 63.0 Å². The number of nitriles is 1. The SMILES string of the molecule is Cc1ccc(NC(=O)/C(C#N)=C\c2ccc3c(c2)C(C)CC(C)(C)N3C(C)C)c(C)c1. The second kappa shape index (κ2) is 8.59. The zero-order valence-corrected chi connectivity index (χ0v) is 19.7. The standard InChI is InChI=1S/C27H33N3O/c1-17(2)30-25-11-9-21(14-23(25)20(5)15-27(30,6)7)13-22(16-28)26(31)29-24-10-8-18(3)12-19(24)4/h8-14,17,20H,15H2,1-7H3,(H,29,31)/b22-13-. The quantitative estimate of drug-likeness (QED) is 0.467. The number of rotatable bonds is 4. The molecule has 1 heterocycles. The van der Waals surface area contributed by atoms with Gasteiger partial charge in [0.05, 0.1) is 0 Å². The molecule has 0 saturated heterocycles. The van der Waals surface area contributed by atoms with Crippen LogP contribution in [0, 0.1) is 25.2 Å². The maximum Gasteiger partial charge on any atom is 0.266 e. The van der Waals surface area contributed by atoms with Crippen LogP contribution >= 0.6 is 0 Å². The Bertz CT molecular complexity index is 1070. The van der Waals surface area contributed by atoms with Gasteiger partial charge in [-0.15, -0.1) is 0 Å². The van der Waals surface area contributed by atoms with Crippen molar-refractivity contribution in [1.29, 1.82) is 5.26 Å². The van der Waals surface area contributed by atoms with Gasteiger partial charge in [0.2, 0.25) is 0 Å². The van der Waals surface area contributed by atoms with E-state index in [1.165, 1.54) is 11.3 Å². The van der Waals surface area contributed by atoms with Crippen molar-refractivity contribution in [3.05, 3.63) is 64.2 Å². The van der Waals surface area contributed by atoms with E-state index in [-0.39, 0.29) is 17.0 Å². The zero-order valence-electron chi connectivity index (χ0n) is 19.7. The fraction of sp³-hybridized carbons (Fsp3) is 0.407. The molecule has 1 aliphatic heterocycles. The molecule has 1 N–H and O–H groups in total. The second-order valence-corrected chi connectivity index (χ2v) is 9.64. The summed E-state index contributed by atoms with van der Waals surface area (Å²) in [5, 5.41) is 12.5. The minimum absolute atomic E-state index is 0.0849. The van der Waals surface area contributed by atoms with E-state index >= 15 is 0 Å². The van der Waals surface area contributed by atoms with E-state index < -0.39 is 0 Å². The predicted octanol–water partition coefficient (Wildman–Crippen LogP) is 6.35. The van der Waals surface area contributed by atoms with Crippen LogP contribution < -0.4 is 10.2 Å². The largest absolute Gasteiger partial charge is 0.364 e. The van der Waals surface area contributed by atoms with E-state index in [1.54, 1.807) is 6.08 Å². The van der Waals surface area contributed by atoms with Crippen LogP contribution in [-0.4, -0.2) is 17.5 Å². The summed E-state index contributed by atoms with van der Waals surface area (Å²) in [7, 11) is 0. The van der Waals surface area contributed by atoms with Crippen LogP contribution in [0.4, 0.5) is 11.4 Å². The van der Waals surface area contributed by atoms with Gasteiger partial charge >= 0.3 is 0 Å². The van der Waals surface area contributed by atoms with Gasteiger partial charge in [0, 0.05) is 23.0 Å². The Hall–Kier alpha value is -3.06. The minimum Gasteiger partial charge on any atom is -0.364 e. The van der Waals surface area contributed by atoms with Crippen molar-refractivity contribution < 1.29 is 4.79 Å². The van der Waals surface area contributed by atoms with E-state index in [1.807, 2.05) is 38.1 Å². The molecule has 0 saturated carbocycles. The Morgan fingerprint density at radius 3 is 2.55 bits per heavy atom. The first-order chi connectivity index (χ1) is 14.5. The van der Waals surface area contributed by atoms with E-state index in [0.29, 0.717) is 12.0 Å². The van der Waals surface area contributed by atoms with Crippen LogP contribution in [0.1, 0.15) is 69.2 Å². The Labute approximate surface area is 186 Å². The molecule has 0 aromatic heterocycles. The molecule has 4 nitrogen and oxygen atoms in total. The molecule has 2 aromatic rings. The number of anilines is 2. The first-order valence-corrected chi connectivity index (χ1v) is 11.0. The summed E-state index contributed by atoms with van der Waals surface area (Å²) in [6.07, 6.45) is 2.75. The number of nitrogens with zero attached hydrogens (tertiary/aromatic N) is 2. The van der Waals surface area contributed by atoms with Gasteiger partial charge in [0.25, 0.3) is 5.91 Å². The van der Waals surface area contributed by atoms with Gasteiger partial charge in [-0.2, -0.15) is 5.26 Å². The van der Waals surface area contributed by atoms with Crippen molar-refractivity contribution in [2.24, 2.45) is 0 Å². The summed E-state index contributed by atoms with van der Waals surface area (Å²) in [6.45, 7) is 15.3. The first-order valence-electron chi connectivity index (χ1n) is 11.0. The van der Waals surface area contributed by atoms with Gasteiger partial charge < -0.3 is 10.2 Å². The molecular weight excluding hydrogens is 382 g/mol. The normalized spacial score (nSPS) is 17.8. The smallest absolute Gasteiger partial charge is 0.266 e. The third-order valence-corrected chi connectivity index (χ3v) is 6.12. The molecule has 1 aliphatic rings. The Balaban J connectivity index is 1.93. The highest BCUT2D eigenvalue weighted by atomic mass is 16.1. The molecular formula is C27H33N3O. The lowest BCUT2D eigenvalue weighted by Gasteiger charge is -2.50. The summed E-state index contributed by atoms with van der Waals surface area (Å²) in [5.41, 5.74) is 6.42. The summed E-state index contributed by atoms with van der Waals surface area (Å²) in [5.74, 6) is 0.0214. The first kappa shape index (κ1) is 22.6. The summed E-state index contributed by atoms with van der Waals surface area (Å²) in [6, 6.07) is 14.6. The third kappa shape index (κ3) is 4.66. The zero-order chi connectivity index (χ0) is 22.9. The van der Waals surface area contributed by atoms with Gasteiger partial charge in [-0.3, -0.25) is 4.79 Å². The highest BCUT2D eigenvalue weighted by Gasteiger charge is 2.37. The highest BCUT2D eigenvalue weighted by Crippen LogP contribution is 2.44.